The molecule has 0 bridgehead atoms. The molecule has 1 saturated heterocycles. The van der Waals surface area contributed by atoms with E-state index in [0.717, 1.165) is 50.3 Å². The van der Waals surface area contributed by atoms with E-state index in [0.29, 0.717) is 6.07 Å². The molecule has 2 N–H and O–H groups in total. The smallest absolute Gasteiger partial charge is 0.254 e. The van der Waals surface area contributed by atoms with Crippen LogP contribution < -0.4 is 10.6 Å². The maximum atomic E-state index is 13.6. The third kappa shape index (κ3) is 6.32. The average Bonchev–Trinajstić information content (AvgIpc) is 2.70. The standard InChI is InChI=1S/C21H24F2N4O2/c22-15-4-5-18(19(23)13-15)21(29)25-10-6-20(28)26-16-7-11-27(12-8-16)14-17-3-1-2-9-24-17/h1-5,9,13,16H,6-8,10-12,14H2,(H,25,29)(H,26,28). The number of rotatable bonds is 7. The molecule has 0 saturated carbocycles. The van der Waals surface area contributed by atoms with Gasteiger partial charge in [-0.1, -0.05) is 6.07 Å². The molecule has 3 rings (SSSR count). The van der Waals surface area contributed by atoms with Crippen LogP contribution >= 0.6 is 0 Å². The summed E-state index contributed by atoms with van der Waals surface area (Å²) in [5.41, 5.74) is 0.787. The number of nitrogens with zero attached hydrogens (tertiary/aromatic N) is 2. The Labute approximate surface area is 168 Å². The topological polar surface area (TPSA) is 74.3 Å². The maximum Gasteiger partial charge on any atom is 0.254 e. The molecule has 1 fully saturated rings. The molecule has 2 aromatic rings. The summed E-state index contributed by atoms with van der Waals surface area (Å²) in [5, 5.41) is 5.46. The first kappa shape index (κ1) is 20.9. The van der Waals surface area contributed by atoms with Gasteiger partial charge in [-0.3, -0.25) is 19.5 Å². The maximum absolute atomic E-state index is 13.6. The molecule has 1 aliphatic rings. The van der Waals surface area contributed by atoms with E-state index in [4.69, 9.17) is 0 Å². The van der Waals surface area contributed by atoms with E-state index in [1.807, 2.05) is 18.2 Å². The van der Waals surface area contributed by atoms with Crippen LogP contribution in [-0.2, 0) is 11.3 Å². The molecule has 2 amide bonds. The molecule has 1 aromatic heterocycles. The normalized spacial score (nSPS) is 15.1. The largest absolute Gasteiger partial charge is 0.353 e. The highest BCUT2D eigenvalue weighted by Crippen LogP contribution is 2.13. The van der Waals surface area contributed by atoms with Crippen molar-refractivity contribution in [2.75, 3.05) is 19.6 Å². The summed E-state index contributed by atoms with van der Waals surface area (Å²) >= 11 is 0. The van der Waals surface area contributed by atoms with Crippen molar-refractivity contribution in [2.24, 2.45) is 0 Å². The fourth-order valence-electron chi connectivity index (χ4n) is 3.31. The minimum atomic E-state index is -0.926. The van der Waals surface area contributed by atoms with Crippen molar-refractivity contribution in [3.05, 3.63) is 65.5 Å². The summed E-state index contributed by atoms with van der Waals surface area (Å²) in [6.07, 6.45) is 3.59. The van der Waals surface area contributed by atoms with Crippen molar-refractivity contribution in [1.29, 1.82) is 0 Å². The Bertz CT molecular complexity index is 840. The fraction of sp³-hybridized carbons (Fsp3) is 0.381. The zero-order valence-corrected chi connectivity index (χ0v) is 16.0. The van der Waals surface area contributed by atoms with Crippen LogP contribution in [-0.4, -0.2) is 47.4 Å². The molecule has 0 aliphatic carbocycles. The van der Waals surface area contributed by atoms with Crippen LogP contribution in [0.1, 0.15) is 35.3 Å². The van der Waals surface area contributed by atoms with Gasteiger partial charge in [-0.15, -0.1) is 0 Å². The second kappa shape index (κ2) is 10.1. The number of piperidine rings is 1. The lowest BCUT2D eigenvalue weighted by atomic mass is 10.0. The van der Waals surface area contributed by atoms with E-state index in [9.17, 15) is 18.4 Å². The number of carbonyl (C=O) groups excluding carboxylic acids is 2. The predicted octanol–water partition coefficient (Wildman–Crippen LogP) is 2.26. The molecule has 154 valence electrons. The van der Waals surface area contributed by atoms with Crippen molar-refractivity contribution in [3.8, 4) is 0 Å². The van der Waals surface area contributed by atoms with Gasteiger partial charge in [0, 0.05) is 50.9 Å². The van der Waals surface area contributed by atoms with Crippen molar-refractivity contribution in [2.45, 2.75) is 31.8 Å². The summed E-state index contributed by atoms with van der Waals surface area (Å²) in [7, 11) is 0. The second-order valence-electron chi connectivity index (χ2n) is 7.07. The SMILES string of the molecule is O=C(CCNC(=O)c1ccc(F)cc1F)NC1CCN(Cc2ccccn2)CC1. The number of aromatic nitrogens is 1. The van der Waals surface area contributed by atoms with Crippen molar-refractivity contribution >= 4 is 11.8 Å². The number of hydrogen-bond donors (Lipinski definition) is 2. The molecule has 0 unspecified atom stereocenters. The molecular formula is C21H24F2N4O2. The minimum Gasteiger partial charge on any atom is -0.353 e. The van der Waals surface area contributed by atoms with E-state index in [2.05, 4.69) is 20.5 Å². The van der Waals surface area contributed by atoms with Crippen molar-refractivity contribution < 1.29 is 18.4 Å². The van der Waals surface area contributed by atoms with Crippen molar-refractivity contribution in [3.63, 3.8) is 0 Å². The molecule has 1 aromatic carbocycles. The summed E-state index contributed by atoms with van der Waals surface area (Å²) in [6.45, 7) is 2.64. The van der Waals surface area contributed by atoms with Gasteiger partial charge < -0.3 is 10.6 Å². The highest BCUT2D eigenvalue weighted by atomic mass is 19.1. The number of pyridine rings is 1. The summed E-state index contributed by atoms with van der Waals surface area (Å²) in [4.78, 5) is 30.7. The van der Waals surface area contributed by atoms with Crippen LogP contribution in [0.5, 0.6) is 0 Å². The molecular weight excluding hydrogens is 378 g/mol. The van der Waals surface area contributed by atoms with Gasteiger partial charge >= 0.3 is 0 Å². The van der Waals surface area contributed by atoms with Gasteiger partial charge in [0.2, 0.25) is 5.91 Å². The van der Waals surface area contributed by atoms with Crippen LogP contribution in [0.2, 0.25) is 0 Å². The number of likely N-dealkylation sites (tertiary alicyclic amines) is 1. The first-order chi connectivity index (χ1) is 14.0. The van der Waals surface area contributed by atoms with E-state index in [-0.39, 0.29) is 30.5 Å². The summed E-state index contributed by atoms with van der Waals surface area (Å²) in [6, 6.07) is 8.72. The zero-order valence-electron chi connectivity index (χ0n) is 16.0. The van der Waals surface area contributed by atoms with Crippen LogP contribution in [0.25, 0.3) is 0 Å². The van der Waals surface area contributed by atoms with Crippen LogP contribution in [0.4, 0.5) is 8.78 Å². The summed E-state index contributed by atoms with van der Waals surface area (Å²) in [5.74, 6) is -2.50. The third-order valence-electron chi connectivity index (χ3n) is 4.88. The van der Waals surface area contributed by atoms with E-state index in [1.54, 1.807) is 6.20 Å². The monoisotopic (exact) mass is 402 g/mol. The minimum absolute atomic E-state index is 0.0833. The van der Waals surface area contributed by atoms with Crippen LogP contribution in [0.3, 0.4) is 0 Å². The third-order valence-corrected chi connectivity index (χ3v) is 4.88. The molecule has 1 aliphatic heterocycles. The number of benzene rings is 1. The summed E-state index contributed by atoms with van der Waals surface area (Å²) < 4.78 is 26.5. The number of halogens is 2. The van der Waals surface area contributed by atoms with Crippen LogP contribution in [0.15, 0.2) is 42.6 Å². The van der Waals surface area contributed by atoms with E-state index in [1.165, 1.54) is 0 Å². The first-order valence-corrected chi connectivity index (χ1v) is 9.66. The molecule has 6 nitrogen and oxygen atoms in total. The molecule has 0 radical (unpaired) electrons. The van der Waals surface area contributed by atoms with Crippen LogP contribution in [0, 0.1) is 11.6 Å². The van der Waals surface area contributed by atoms with Gasteiger partial charge in [0.25, 0.3) is 5.91 Å². The van der Waals surface area contributed by atoms with Gasteiger partial charge in [0.15, 0.2) is 0 Å². The second-order valence-corrected chi connectivity index (χ2v) is 7.07. The predicted molar refractivity (Wildman–Crippen MR) is 104 cm³/mol. The average molecular weight is 402 g/mol. The molecule has 0 spiro atoms. The zero-order chi connectivity index (χ0) is 20.6. The Morgan fingerprint density at radius 3 is 2.62 bits per heavy atom. The van der Waals surface area contributed by atoms with Gasteiger partial charge in [0.05, 0.1) is 11.3 Å². The Morgan fingerprint density at radius 2 is 1.93 bits per heavy atom. The van der Waals surface area contributed by atoms with Crippen molar-refractivity contribution in [1.82, 2.24) is 20.5 Å². The quantitative estimate of drug-likeness (QED) is 0.745. The molecule has 2 heterocycles. The Balaban J connectivity index is 1.34. The lowest BCUT2D eigenvalue weighted by Crippen LogP contribution is -2.45. The number of nitrogens with one attached hydrogen (secondary N) is 2. The Kier molecular flexibility index (Phi) is 7.24. The molecule has 29 heavy (non-hydrogen) atoms. The van der Waals surface area contributed by atoms with Gasteiger partial charge in [-0.05, 0) is 37.1 Å². The molecule has 8 heteroatoms. The Hall–Kier alpha value is -2.87. The number of amides is 2. The Morgan fingerprint density at radius 1 is 1.14 bits per heavy atom. The number of carbonyl (C=O) groups is 2. The lowest BCUT2D eigenvalue weighted by Gasteiger charge is -2.32. The van der Waals surface area contributed by atoms with Gasteiger partial charge in [-0.2, -0.15) is 0 Å². The van der Waals surface area contributed by atoms with E-state index >= 15 is 0 Å². The van der Waals surface area contributed by atoms with E-state index < -0.39 is 17.5 Å². The highest BCUT2D eigenvalue weighted by Gasteiger charge is 2.21. The fourth-order valence-corrected chi connectivity index (χ4v) is 3.31. The molecule has 0 atom stereocenters. The number of hydrogen-bond acceptors (Lipinski definition) is 4. The highest BCUT2D eigenvalue weighted by molar-refractivity contribution is 5.94. The first-order valence-electron chi connectivity index (χ1n) is 9.66. The van der Waals surface area contributed by atoms with Gasteiger partial charge in [0.1, 0.15) is 11.6 Å². The lowest BCUT2D eigenvalue weighted by molar-refractivity contribution is -0.122. The van der Waals surface area contributed by atoms with Gasteiger partial charge in [-0.25, -0.2) is 8.78 Å².